The molecule has 96 valence electrons. The van der Waals surface area contributed by atoms with E-state index >= 15 is 0 Å². The van der Waals surface area contributed by atoms with Gasteiger partial charge in [0.25, 0.3) is 0 Å². The lowest BCUT2D eigenvalue weighted by molar-refractivity contribution is -0.120. The minimum absolute atomic E-state index is 0.103. The molecule has 2 atom stereocenters. The first-order valence-corrected chi connectivity index (χ1v) is 6.04. The predicted octanol–water partition coefficient (Wildman–Crippen LogP) is 1.89. The molecule has 0 saturated carbocycles. The van der Waals surface area contributed by atoms with Crippen LogP contribution in [-0.4, -0.2) is 19.0 Å². The van der Waals surface area contributed by atoms with Gasteiger partial charge in [-0.15, -0.1) is 0 Å². The van der Waals surface area contributed by atoms with Crippen LogP contribution in [0.5, 0.6) is 0 Å². The number of amides is 1. The molecule has 1 aromatic carbocycles. The number of benzene rings is 1. The zero-order chi connectivity index (χ0) is 13.7. The fourth-order valence-electron chi connectivity index (χ4n) is 1.61. The van der Waals surface area contributed by atoms with E-state index in [0.29, 0.717) is 5.56 Å². The lowest BCUT2D eigenvalue weighted by Gasteiger charge is -2.24. The van der Waals surface area contributed by atoms with Crippen molar-refractivity contribution in [2.24, 2.45) is 11.7 Å². The smallest absolute Gasteiger partial charge is 0.243 e. The van der Waals surface area contributed by atoms with Gasteiger partial charge in [0, 0.05) is 12.7 Å². The average molecular weight is 245 g/mol. The summed E-state index contributed by atoms with van der Waals surface area (Å²) in [5, 5.41) is 8.72. The van der Waals surface area contributed by atoms with Crippen LogP contribution in [0.25, 0.3) is 0 Å². The van der Waals surface area contributed by atoms with Crippen molar-refractivity contribution in [1.29, 1.82) is 5.26 Å². The summed E-state index contributed by atoms with van der Waals surface area (Å²) in [5.41, 5.74) is 7.24. The Morgan fingerprint density at radius 2 is 2.00 bits per heavy atom. The molecule has 0 aliphatic rings. The van der Waals surface area contributed by atoms with E-state index in [2.05, 4.69) is 0 Å². The maximum Gasteiger partial charge on any atom is 0.243 e. The van der Waals surface area contributed by atoms with Gasteiger partial charge in [0.15, 0.2) is 0 Å². The number of nitriles is 1. The summed E-state index contributed by atoms with van der Waals surface area (Å²) in [4.78, 5) is 13.7. The summed E-state index contributed by atoms with van der Waals surface area (Å²) in [7, 11) is 1.70. The van der Waals surface area contributed by atoms with Gasteiger partial charge in [-0.3, -0.25) is 4.79 Å². The van der Waals surface area contributed by atoms with Crippen molar-refractivity contribution in [3.8, 4) is 6.07 Å². The van der Waals surface area contributed by atoms with Gasteiger partial charge in [0.1, 0.15) is 0 Å². The Bertz CT molecular complexity index is 447. The largest absolute Gasteiger partial charge is 0.320 e. The number of hydrogen-bond donors (Lipinski definition) is 1. The molecule has 1 rings (SSSR count). The highest BCUT2D eigenvalue weighted by Gasteiger charge is 2.23. The summed E-state index contributed by atoms with van der Waals surface area (Å²) in [6.45, 7) is 3.98. The van der Waals surface area contributed by atoms with E-state index in [1.54, 1.807) is 31.3 Å². The highest BCUT2D eigenvalue weighted by molar-refractivity contribution is 5.96. The summed E-state index contributed by atoms with van der Waals surface area (Å²) >= 11 is 0. The molecule has 0 radical (unpaired) electrons. The number of rotatable bonds is 4. The standard InChI is InChI=1S/C14H19N3O/c1-4-10(2)13(16)14(18)17(3)12-7-5-11(9-15)6-8-12/h5-8,10,13H,4,16H2,1-3H3. The maximum atomic E-state index is 12.1. The monoisotopic (exact) mass is 245 g/mol. The van der Waals surface area contributed by atoms with E-state index in [1.165, 1.54) is 4.90 Å². The summed E-state index contributed by atoms with van der Waals surface area (Å²) in [6, 6.07) is 8.43. The third-order valence-electron chi connectivity index (χ3n) is 3.26. The zero-order valence-corrected chi connectivity index (χ0v) is 11.1. The number of nitrogens with zero attached hydrogens (tertiary/aromatic N) is 2. The second-order valence-corrected chi connectivity index (χ2v) is 4.47. The third-order valence-corrected chi connectivity index (χ3v) is 3.26. The SMILES string of the molecule is CCC(C)C(N)C(=O)N(C)c1ccc(C#N)cc1. The molecule has 0 spiro atoms. The van der Waals surface area contributed by atoms with Crippen LogP contribution in [-0.2, 0) is 4.79 Å². The first-order chi connectivity index (χ1) is 8.51. The molecule has 0 aromatic heterocycles. The van der Waals surface area contributed by atoms with Crippen LogP contribution < -0.4 is 10.6 Å². The van der Waals surface area contributed by atoms with E-state index in [0.717, 1.165) is 12.1 Å². The van der Waals surface area contributed by atoms with Crippen molar-refractivity contribution in [3.63, 3.8) is 0 Å². The molecule has 0 saturated heterocycles. The number of anilines is 1. The molecule has 0 heterocycles. The van der Waals surface area contributed by atoms with Crippen molar-refractivity contribution < 1.29 is 4.79 Å². The Kier molecular flexibility index (Phi) is 4.87. The van der Waals surface area contributed by atoms with Crippen molar-refractivity contribution in [1.82, 2.24) is 0 Å². The minimum Gasteiger partial charge on any atom is -0.320 e. The van der Waals surface area contributed by atoms with E-state index < -0.39 is 6.04 Å². The van der Waals surface area contributed by atoms with Gasteiger partial charge in [-0.05, 0) is 30.2 Å². The third kappa shape index (κ3) is 3.08. The van der Waals surface area contributed by atoms with Gasteiger partial charge in [-0.1, -0.05) is 20.3 Å². The normalized spacial score (nSPS) is 13.5. The highest BCUT2D eigenvalue weighted by Crippen LogP contribution is 2.16. The van der Waals surface area contributed by atoms with E-state index in [1.807, 2.05) is 19.9 Å². The van der Waals surface area contributed by atoms with Crippen LogP contribution in [0, 0.1) is 17.2 Å². The molecule has 0 aliphatic heterocycles. The summed E-state index contributed by atoms with van der Waals surface area (Å²) in [6.07, 6.45) is 0.869. The molecule has 0 bridgehead atoms. The van der Waals surface area contributed by atoms with Gasteiger partial charge >= 0.3 is 0 Å². The van der Waals surface area contributed by atoms with Gasteiger partial charge < -0.3 is 10.6 Å². The molecule has 2 N–H and O–H groups in total. The van der Waals surface area contributed by atoms with Crippen molar-refractivity contribution in [2.75, 3.05) is 11.9 Å². The molecule has 1 amide bonds. The Hall–Kier alpha value is -1.86. The van der Waals surface area contributed by atoms with Gasteiger partial charge in [0.05, 0.1) is 17.7 Å². The minimum atomic E-state index is -0.490. The van der Waals surface area contributed by atoms with Gasteiger partial charge in [-0.2, -0.15) is 5.26 Å². The van der Waals surface area contributed by atoms with Crippen molar-refractivity contribution >= 4 is 11.6 Å². The van der Waals surface area contributed by atoms with Crippen molar-refractivity contribution in [3.05, 3.63) is 29.8 Å². The second kappa shape index (κ2) is 6.18. The van der Waals surface area contributed by atoms with E-state index in [4.69, 9.17) is 11.0 Å². The van der Waals surface area contributed by atoms with Crippen LogP contribution in [0.2, 0.25) is 0 Å². The molecule has 1 aromatic rings. The van der Waals surface area contributed by atoms with Crippen LogP contribution in [0.15, 0.2) is 24.3 Å². The first-order valence-electron chi connectivity index (χ1n) is 6.04. The molecule has 2 unspecified atom stereocenters. The summed E-state index contributed by atoms with van der Waals surface area (Å²) < 4.78 is 0. The quantitative estimate of drug-likeness (QED) is 0.880. The molecule has 0 aliphatic carbocycles. The zero-order valence-electron chi connectivity index (χ0n) is 11.1. The Balaban J connectivity index is 2.83. The molecule has 18 heavy (non-hydrogen) atoms. The van der Waals surface area contributed by atoms with Crippen molar-refractivity contribution in [2.45, 2.75) is 26.3 Å². The second-order valence-electron chi connectivity index (χ2n) is 4.47. The van der Waals surface area contributed by atoms with Crippen LogP contribution in [0.4, 0.5) is 5.69 Å². The Morgan fingerprint density at radius 1 is 1.44 bits per heavy atom. The lowest BCUT2D eigenvalue weighted by Crippen LogP contribution is -2.45. The fourth-order valence-corrected chi connectivity index (χ4v) is 1.61. The number of carbonyl (C=O) groups excluding carboxylic acids is 1. The van der Waals surface area contributed by atoms with Crippen LogP contribution >= 0.6 is 0 Å². The van der Waals surface area contributed by atoms with Gasteiger partial charge in [0.2, 0.25) is 5.91 Å². The van der Waals surface area contributed by atoms with Gasteiger partial charge in [-0.25, -0.2) is 0 Å². The van der Waals surface area contributed by atoms with E-state index in [9.17, 15) is 4.79 Å². The number of hydrogen-bond acceptors (Lipinski definition) is 3. The number of nitrogens with two attached hydrogens (primary N) is 1. The maximum absolute atomic E-state index is 12.1. The summed E-state index contributed by atoms with van der Waals surface area (Å²) in [5.74, 6) is 0.0485. The molecular weight excluding hydrogens is 226 g/mol. The predicted molar refractivity (Wildman–Crippen MR) is 72.0 cm³/mol. The lowest BCUT2D eigenvalue weighted by atomic mass is 9.99. The molecule has 4 heteroatoms. The number of likely N-dealkylation sites (N-methyl/N-ethyl adjacent to an activating group) is 1. The first kappa shape index (κ1) is 14.2. The number of carbonyl (C=O) groups is 1. The van der Waals surface area contributed by atoms with Crippen LogP contribution in [0.1, 0.15) is 25.8 Å². The molecular formula is C14H19N3O. The Labute approximate surface area is 108 Å². The average Bonchev–Trinajstić information content (AvgIpc) is 2.44. The topological polar surface area (TPSA) is 70.1 Å². The van der Waals surface area contributed by atoms with Crippen LogP contribution in [0.3, 0.4) is 0 Å². The highest BCUT2D eigenvalue weighted by atomic mass is 16.2. The fraction of sp³-hybridized carbons (Fsp3) is 0.429. The van der Waals surface area contributed by atoms with E-state index in [-0.39, 0.29) is 11.8 Å². The molecule has 4 nitrogen and oxygen atoms in total. The Morgan fingerprint density at radius 3 is 2.44 bits per heavy atom. The molecule has 0 fully saturated rings.